The van der Waals surface area contributed by atoms with Crippen molar-refractivity contribution in [3.8, 4) is 0 Å². The van der Waals surface area contributed by atoms with Crippen LogP contribution in [0, 0.1) is 0 Å². The molecule has 1 aromatic carbocycles. The SMILES string of the molecule is CCN(C(=O)NC(C)(C(=O)O)C(F)(F)F)c1ccccc1. The third-order valence-corrected chi connectivity index (χ3v) is 2.98. The van der Waals surface area contributed by atoms with Crippen LogP contribution in [0.5, 0.6) is 0 Å². The van der Waals surface area contributed by atoms with Crippen molar-refractivity contribution in [3.05, 3.63) is 30.3 Å². The highest BCUT2D eigenvalue weighted by Gasteiger charge is 2.58. The topological polar surface area (TPSA) is 69.6 Å². The molecule has 0 heterocycles. The fraction of sp³-hybridized carbons (Fsp3) is 0.385. The van der Waals surface area contributed by atoms with E-state index in [1.54, 1.807) is 30.4 Å². The van der Waals surface area contributed by atoms with Gasteiger partial charge in [0.25, 0.3) is 0 Å². The molecule has 0 fully saturated rings. The van der Waals surface area contributed by atoms with Crippen LogP contribution in [-0.4, -0.2) is 35.4 Å². The van der Waals surface area contributed by atoms with E-state index >= 15 is 0 Å². The number of carbonyl (C=O) groups excluding carboxylic acids is 1. The summed E-state index contributed by atoms with van der Waals surface area (Å²) in [6.45, 7) is 2.06. The molecule has 1 unspecified atom stereocenters. The quantitative estimate of drug-likeness (QED) is 0.898. The van der Waals surface area contributed by atoms with E-state index < -0.39 is 23.7 Å². The zero-order valence-corrected chi connectivity index (χ0v) is 11.4. The third kappa shape index (κ3) is 3.45. The molecule has 2 amide bonds. The minimum atomic E-state index is -5.12. The highest BCUT2D eigenvalue weighted by Crippen LogP contribution is 2.30. The molecule has 8 heteroatoms. The summed E-state index contributed by atoms with van der Waals surface area (Å²) in [5.41, 5.74) is -2.99. The zero-order valence-electron chi connectivity index (χ0n) is 11.4. The van der Waals surface area contributed by atoms with Gasteiger partial charge in [-0.05, 0) is 26.0 Å². The molecule has 0 aliphatic rings. The number of anilines is 1. The van der Waals surface area contributed by atoms with E-state index in [4.69, 9.17) is 5.11 Å². The Morgan fingerprint density at radius 1 is 1.24 bits per heavy atom. The molecular formula is C13H15F3N2O3. The van der Waals surface area contributed by atoms with Crippen molar-refractivity contribution >= 4 is 17.7 Å². The maximum absolute atomic E-state index is 12.9. The van der Waals surface area contributed by atoms with Crippen molar-refractivity contribution in [2.45, 2.75) is 25.6 Å². The molecule has 1 rings (SSSR count). The Morgan fingerprint density at radius 2 is 1.76 bits per heavy atom. The zero-order chi connectivity index (χ0) is 16.3. The molecule has 0 aliphatic heterocycles. The first kappa shape index (κ1) is 16.8. The van der Waals surface area contributed by atoms with Crippen LogP contribution in [0.1, 0.15) is 13.8 Å². The molecule has 0 aromatic heterocycles. The molecule has 21 heavy (non-hydrogen) atoms. The summed E-state index contributed by atoms with van der Waals surface area (Å²) in [5.74, 6) is -2.17. The fourth-order valence-electron chi connectivity index (χ4n) is 1.58. The number of alkyl halides is 3. The van der Waals surface area contributed by atoms with Crippen LogP contribution in [0.15, 0.2) is 30.3 Å². The van der Waals surface area contributed by atoms with Gasteiger partial charge in [0.1, 0.15) is 0 Å². The van der Waals surface area contributed by atoms with Crippen molar-refractivity contribution in [1.82, 2.24) is 5.32 Å². The molecule has 0 bridgehead atoms. The number of amides is 2. The lowest BCUT2D eigenvalue weighted by Crippen LogP contribution is -2.64. The number of nitrogens with zero attached hydrogens (tertiary/aromatic N) is 1. The number of nitrogens with one attached hydrogen (secondary N) is 1. The molecule has 5 nitrogen and oxygen atoms in total. The summed E-state index contributed by atoms with van der Waals surface area (Å²) in [6, 6.07) is 6.86. The number of aliphatic carboxylic acids is 1. The van der Waals surface area contributed by atoms with Crippen molar-refractivity contribution in [2.24, 2.45) is 0 Å². The normalized spacial score (nSPS) is 14.1. The summed E-state index contributed by atoms with van der Waals surface area (Å²) >= 11 is 0. The summed E-state index contributed by atoms with van der Waals surface area (Å²) in [4.78, 5) is 23.9. The number of halogens is 3. The van der Waals surface area contributed by atoms with Gasteiger partial charge in [-0.3, -0.25) is 4.90 Å². The average Bonchev–Trinajstić information content (AvgIpc) is 2.39. The Bertz CT molecular complexity index is 519. The summed E-state index contributed by atoms with van der Waals surface area (Å²) in [7, 11) is 0. The van der Waals surface area contributed by atoms with E-state index in [9.17, 15) is 22.8 Å². The third-order valence-electron chi connectivity index (χ3n) is 2.98. The number of carboxylic acids is 1. The van der Waals surface area contributed by atoms with Crippen LogP contribution in [0.3, 0.4) is 0 Å². The molecule has 0 saturated heterocycles. The van der Waals surface area contributed by atoms with E-state index in [-0.39, 0.29) is 6.54 Å². The van der Waals surface area contributed by atoms with Gasteiger partial charge in [0.15, 0.2) is 0 Å². The van der Waals surface area contributed by atoms with Gasteiger partial charge in [-0.25, -0.2) is 9.59 Å². The first-order valence-electron chi connectivity index (χ1n) is 6.08. The molecule has 0 aliphatic carbocycles. The second-order valence-corrected chi connectivity index (χ2v) is 4.44. The molecule has 116 valence electrons. The Labute approximate surface area is 119 Å². The number of hydrogen-bond donors (Lipinski definition) is 2. The number of benzene rings is 1. The smallest absolute Gasteiger partial charge is 0.422 e. The first-order valence-corrected chi connectivity index (χ1v) is 6.08. The Hall–Kier alpha value is -2.25. The number of carbonyl (C=O) groups is 2. The van der Waals surface area contributed by atoms with Crippen molar-refractivity contribution in [3.63, 3.8) is 0 Å². The molecule has 1 atom stereocenters. The van der Waals surface area contributed by atoms with Crippen LogP contribution < -0.4 is 10.2 Å². The largest absolute Gasteiger partial charge is 0.479 e. The van der Waals surface area contributed by atoms with Gasteiger partial charge in [-0.1, -0.05) is 18.2 Å². The van der Waals surface area contributed by atoms with Gasteiger partial charge in [-0.15, -0.1) is 0 Å². The van der Waals surface area contributed by atoms with Gasteiger partial charge >= 0.3 is 18.2 Å². The van der Waals surface area contributed by atoms with E-state index in [1.807, 2.05) is 0 Å². The van der Waals surface area contributed by atoms with E-state index in [1.165, 1.54) is 12.1 Å². The van der Waals surface area contributed by atoms with Crippen LogP contribution in [0.4, 0.5) is 23.7 Å². The number of hydrogen-bond acceptors (Lipinski definition) is 2. The van der Waals surface area contributed by atoms with Crippen molar-refractivity contribution < 1.29 is 27.9 Å². The monoisotopic (exact) mass is 304 g/mol. The van der Waals surface area contributed by atoms with Crippen LogP contribution in [0.25, 0.3) is 0 Å². The van der Waals surface area contributed by atoms with Crippen LogP contribution in [-0.2, 0) is 4.79 Å². The predicted octanol–water partition coefficient (Wildman–Crippen LogP) is 2.63. The lowest BCUT2D eigenvalue weighted by molar-refractivity contribution is -0.203. The lowest BCUT2D eigenvalue weighted by atomic mass is 10.0. The Balaban J connectivity index is 3.04. The summed E-state index contributed by atoms with van der Waals surface area (Å²) in [6.07, 6.45) is -5.12. The highest BCUT2D eigenvalue weighted by molar-refractivity contribution is 5.96. The van der Waals surface area contributed by atoms with Crippen LogP contribution in [0.2, 0.25) is 0 Å². The maximum atomic E-state index is 12.9. The van der Waals surface area contributed by atoms with Gasteiger partial charge in [0.05, 0.1) is 0 Å². The Kier molecular flexibility index (Phi) is 4.82. The molecule has 0 spiro atoms. The minimum Gasteiger partial charge on any atom is -0.479 e. The second kappa shape index (κ2) is 6.02. The molecule has 1 aromatic rings. The number of para-hydroxylation sites is 1. The van der Waals surface area contributed by atoms with E-state index in [2.05, 4.69) is 0 Å². The lowest BCUT2D eigenvalue weighted by Gasteiger charge is -2.31. The molecular weight excluding hydrogens is 289 g/mol. The van der Waals surface area contributed by atoms with Gasteiger partial charge in [0, 0.05) is 12.2 Å². The van der Waals surface area contributed by atoms with Gasteiger partial charge in [-0.2, -0.15) is 13.2 Å². The summed E-state index contributed by atoms with van der Waals surface area (Å²) in [5, 5.41) is 10.3. The Morgan fingerprint density at radius 3 is 2.14 bits per heavy atom. The predicted molar refractivity (Wildman–Crippen MR) is 70.1 cm³/mol. The molecule has 0 radical (unpaired) electrons. The average molecular weight is 304 g/mol. The van der Waals surface area contributed by atoms with Crippen molar-refractivity contribution in [2.75, 3.05) is 11.4 Å². The number of urea groups is 1. The summed E-state index contributed by atoms with van der Waals surface area (Å²) < 4.78 is 38.6. The van der Waals surface area contributed by atoms with Gasteiger partial charge in [0.2, 0.25) is 5.54 Å². The number of rotatable bonds is 4. The van der Waals surface area contributed by atoms with E-state index in [0.29, 0.717) is 12.6 Å². The van der Waals surface area contributed by atoms with Gasteiger partial charge < -0.3 is 10.4 Å². The van der Waals surface area contributed by atoms with Crippen LogP contribution >= 0.6 is 0 Å². The molecule has 2 N–H and O–H groups in total. The minimum absolute atomic E-state index is 0.0867. The number of carboxylic acid groups (broad SMARTS) is 1. The van der Waals surface area contributed by atoms with Crippen molar-refractivity contribution in [1.29, 1.82) is 0 Å². The second-order valence-electron chi connectivity index (χ2n) is 4.44. The maximum Gasteiger partial charge on any atom is 0.422 e. The highest BCUT2D eigenvalue weighted by atomic mass is 19.4. The molecule has 0 saturated carbocycles. The fourth-order valence-corrected chi connectivity index (χ4v) is 1.58. The van der Waals surface area contributed by atoms with E-state index in [0.717, 1.165) is 4.90 Å². The standard InChI is InChI=1S/C13H15F3N2O3/c1-3-18(9-7-5-4-6-8-9)11(21)17-12(2,10(19)20)13(14,15)16/h4-8H,3H2,1-2H3,(H,17,21)(H,19,20). The first-order chi connectivity index (χ1) is 9.63.